The molecule has 16 heavy (non-hydrogen) atoms. The van der Waals surface area contributed by atoms with Gasteiger partial charge >= 0.3 is 0 Å². The first kappa shape index (κ1) is 9.08. The van der Waals surface area contributed by atoms with Crippen LogP contribution in [0.2, 0.25) is 0 Å². The first-order chi connectivity index (χ1) is 7.65. The van der Waals surface area contributed by atoms with Crippen molar-refractivity contribution >= 4 is 16.7 Å². The van der Waals surface area contributed by atoms with E-state index in [4.69, 9.17) is 0 Å². The lowest BCUT2D eigenvalue weighted by Crippen LogP contribution is -2.14. The summed E-state index contributed by atoms with van der Waals surface area (Å²) in [6, 6.07) is 5.33. The number of fused-ring (bicyclic) bond motifs is 3. The van der Waals surface area contributed by atoms with Crippen LogP contribution in [-0.4, -0.2) is 19.6 Å². The molecule has 0 saturated heterocycles. The maximum absolute atomic E-state index is 11.7. The van der Waals surface area contributed by atoms with Crippen molar-refractivity contribution in [3.05, 3.63) is 39.9 Å². The fourth-order valence-corrected chi connectivity index (χ4v) is 1.81. The summed E-state index contributed by atoms with van der Waals surface area (Å²) in [5.74, 6) is 0. The quantitative estimate of drug-likeness (QED) is 0.611. The van der Waals surface area contributed by atoms with Crippen LogP contribution in [0.25, 0.3) is 16.7 Å². The molecular formula is C11H10N4O. The smallest absolute Gasteiger partial charge is 0.272 e. The van der Waals surface area contributed by atoms with Crippen LogP contribution in [0.5, 0.6) is 0 Å². The van der Waals surface area contributed by atoms with Crippen LogP contribution in [-0.2, 0) is 0 Å². The van der Waals surface area contributed by atoms with E-state index in [1.807, 2.05) is 26.0 Å². The number of aromatic nitrogens is 4. The highest BCUT2D eigenvalue weighted by atomic mass is 16.1. The third-order valence-corrected chi connectivity index (χ3v) is 2.54. The van der Waals surface area contributed by atoms with Gasteiger partial charge in [0.1, 0.15) is 0 Å². The van der Waals surface area contributed by atoms with Gasteiger partial charge in [-0.15, -0.1) is 0 Å². The lowest BCUT2D eigenvalue weighted by atomic mass is 10.3. The molecule has 0 spiro atoms. The Morgan fingerprint density at radius 1 is 1.19 bits per heavy atom. The molecule has 0 aliphatic carbocycles. The molecule has 0 unspecified atom stereocenters. The number of aryl methyl sites for hydroxylation is 2. The number of hydrogen-bond donors (Lipinski definition) is 1. The first-order valence-corrected chi connectivity index (χ1v) is 5.01. The van der Waals surface area contributed by atoms with Gasteiger partial charge in [-0.1, -0.05) is 0 Å². The summed E-state index contributed by atoms with van der Waals surface area (Å²) in [6.45, 7) is 3.72. The van der Waals surface area contributed by atoms with E-state index in [0.29, 0.717) is 17.0 Å². The molecule has 0 amide bonds. The highest BCUT2D eigenvalue weighted by Crippen LogP contribution is 2.15. The Labute approximate surface area is 90.8 Å². The average Bonchev–Trinajstić information content (AvgIpc) is 2.56. The fourth-order valence-electron chi connectivity index (χ4n) is 1.81. The lowest BCUT2D eigenvalue weighted by Gasteiger charge is -1.93. The van der Waals surface area contributed by atoms with Gasteiger partial charge in [0.2, 0.25) is 0 Å². The summed E-state index contributed by atoms with van der Waals surface area (Å²) in [6.07, 6.45) is 0. The summed E-state index contributed by atoms with van der Waals surface area (Å²) in [5.41, 5.74) is 2.83. The molecule has 0 aromatic carbocycles. The summed E-state index contributed by atoms with van der Waals surface area (Å²) < 4.78 is 1.42. The molecule has 0 atom stereocenters. The summed E-state index contributed by atoms with van der Waals surface area (Å²) >= 11 is 0. The second kappa shape index (κ2) is 2.91. The van der Waals surface area contributed by atoms with Gasteiger partial charge in [0.05, 0.1) is 5.39 Å². The number of hydrogen-bond acceptors (Lipinski definition) is 3. The SMILES string of the molecule is Cc1ccc2c(n1)[nH]n1c(=O)cc(C)nc21. The Morgan fingerprint density at radius 3 is 2.81 bits per heavy atom. The van der Waals surface area contributed by atoms with Crippen LogP contribution in [0, 0.1) is 13.8 Å². The molecule has 3 heterocycles. The highest BCUT2D eigenvalue weighted by Gasteiger charge is 2.08. The first-order valence-electron chi connectivity index (χ1n) is 5.01. The number of aromatic amines is 1. The van der Waals surface area contributed by atoms with E-state index in [1.165, 1.54) is 10.6 Å². The fraction of sp³-hybridized carbons (Fsp3) is 0.182. The van der Waals surface area contributed by atoms with Crippen LogP contribution < -0.4 is 5.56 Å². The van der Waals surface area contributed by atoms with Crippen molar-refractivity contribution < 1.29 is 0 Å². The Hall–Kier alpha value is -2.17. The van der Waals surface area contributed by atoms with Gasteiger partial charge in [-0.05, 0) is 26.0 Å². The topological polar surface area (TPSA) is 63.1 Å². The molecule has 0 radical (unpaired) electrons. The molecule has 0 aliphatic rings. The van der Waals surface area contributed by atoms with E-state index in [1.54, 1.807) is 0 Å². The van der Waals surface area contributed by atoms with Gasteiger partial charge in [-0.2, -0.15) is 4.52 Å². The molecule has 3 rings (SSSR count). The molecule has 3 aromatic heterocycles. The van der Waals surface area contributed by atoms with Crippen LogP contribution in [0.1, 0.15) is 11.4 Å². The van der Waals surface area contributed by atoms with Crippen LogP contribution in [0.4, 0.5) is 0 Å². The van der Waals surface area contributed by atoms with Gasteiger partial charge in [-0.3, -0.25) is 9.89 Å². The van der Waals surface area contributed by atoms with E-state index in [2.05, 4.69) is 15.1 Å². The lowest BCUT2D eigenvalue weighted by molar-refractivity contribution is 0.896. The Morgan fingerprint density at radius 2 is 2.00 bits per heavy atom. The highest BCUT2D eigenvalue weighted by molar-refractivity contribution is 5.89. The van der Waals surface area contributed by atoms with E-state index in [0.717, 1.165) is 11.1 Å². The zero-order valence-corrected chi connectivity index (χ0v) is 8.98. The third kappa shape index (κ3) is 1.14. The molecule has 5 nitrogen and oxygen atoms in total. The van der Waals surface area contributed by atoms with Gasteiger partial charge in [0.25, 0.3) is 5.56 Å². The number of nitrogens with one attached hydrogen (secondary N) is 1. The third-order valence-electron chi connectivity index (χ3n) is 2.54. The van der Waals surface area contributed by atoms with Crippen molar-refractivity contribution in [3.63, 3.8) is 0 Å². The van der Waals surface area contributed by atoms with E-state index in [9.17, 15) is 4.79 Å². The van der Waals surface area contributed by atoms with Crippen LogP contribution in [0.3, 0.4) is 0 Å². The maximum Gasteiger partial charge on any atom is 0.272 e. The van der Waals surface area contributed by atoms with E-state index in [-0.39, 0.29) is 5.56 Å². The van der Waals surface area contributed by atoms with Crippen molar-refractivity contribution in [1.29, 1.82) is 0 Å². The maximum atomic E-state index is 11.7. The van der Waals surface area contributed by atoms with Crippen molar-refractivity contribution in [1.82, 2.24) is 19.6 Å². The molecule has 0 bridgehead atoms. The zero-order valence-electron chi connectivity index (χ0n) is 8.98. The largest absolute Gasteiger partial charge is 0.272 e. The minimum absolute atomic E-state index is 0.113. The number of pyridine rings is 1. The molecule has 0 fully saturated rings. The van der Waals surface area contributed by atoms with Crippen LogP contribution in [0.15, 0.2) is 23.0 Å². The minimum atomic E-state index is -0.113. The summed E-state index contributed by atoms with van der Waals surface area (Å²) in [5, 5.41) is 3.81. The van der Waals surface area contributed by atoms with Gasteiger partial charge in [0, 0.05) is 17.5 Å². The summed E-state index contributed by atoms with van der Waals surface area (Å²) in [7, 11) is 0. The number of rotatable bonds is 0. The normalized spacial score (nSPS) is 11.4. The predicted molar refractivity (Wildman–Crippen MR) is 60.6 cm³/mol. The van der Waals surface area contributed by atoms with Gasteiger partial charge < -0.3 is 0 Å². The molecule has 3 aromatic rings. The minimum Gasteiger partial charge on any atom is -0.272 e. The van der Waals surface area contributed by atoms with Crippen LogP contribution >= 0.6 is 0 Å². The molecule has 5 heteroatoms. The summed E-state index contributed by atoms with van der Waals surface area (Å²) in [4.78, 5) is 20.4. The molecule has 80 valence electrons. The van der Waals surface area contributed by atoms with Crippen molar-refractivity contribution in [3.8, 4) is 0 Å². The standard InChI is InChI=1S/C11H10N4O/c1-6-3-4-8-10(12-6)14-15-9(16)5-7(2)13-11(8)15/h3-5H,1-2H3,(H,12,14). The van der Waals surface area contributed by atoms with E-state index < -0.39 is 0 Å². The van der Waals surface area contributed by atoms with Crippen molar-refractivity contribution in [2.45, 2.75) is 13.8 Å². The molecule has 0 saturated carbocycles. The zero-order chi connectivity index (χ0) is 11.3. The van der Waals surface area contributed by atoms with Gasteiger partial charge in [-0.25, -0.2) is 9.97 Å². The van der Waals surface area contributed by atoms with E-state index >= 15 is 0 Å². The molecule has 0 aliphatic heterocycles. The molecular weight excluding hydrogens is 204 g/mol. The number of nitrogens with zero attached hydrogens (tertiary/aromatic N) is 3. The Kier molecular flexibility index (Phi) is 1.65. The van der Waals surface area contributed by atoms with Crippen molar-refractivity contribution in [2.75, 3.05) is 0 Å². The second-order valence-electron chi connectivity index (χ2n) is 3.86. The monoisotopic (exact) mass is 214 g/mol. The van der Waals surface area contributed by atoms with Gasteiger partial charge in [0.15, 0.2) is 11.3 Å². The average molecular weight is 214 g/mol. The Bertz CT molecular complexity index is 754. The van der Waals surface area contributed by atoms with Crippen molar-refractivity contribution in [2.24, 2.45) is 0 Å². The predicted octanol–water partition coefficient (Wildman–Crippen LogP) is 1.19. The Balaban J connectivity index is 2.61. The number of H-pyrrole nitrogens is 1. The molecule has 1 N–H and O–H groups in total. The second-order valence-corrected chi connectivity index (χ2v) is 3.86.